The highest BCUT2D eigenvalue weighted by Gasteiger charge is 2.04. The van der Waals surface area contributed by atoms with Crippen molar-refractivity contribution in [1.82, 2.24) is 15.0 Å². The Morgan fingerprint density at radius 1 is 1.40 bits per heavy atom. The van der Waals surface area contributed by atoms with Gasteiger partial charge in [-0.05, 0) is 6.42 Å². The van der Waals surface area contributed by atoms with Crippen molar-refractivity contribution in [1.29, 1.82) is 0 Å². The van der Waals surface area contributed by atoms with Crippen LogP contribution in [0.25, 0.3) is 0 Å². The normalized spacial score (nSPS) is 10.3. The van der Waals surface area contributed by atoms with E-state index in [1.165, 1.54) is 4.80 Å². The van der Waals surface area contributed by atoms with E-state index in [2.05, 4.69) is 10.2 Å². The fraction of sp³-hybridized carbons (Fsp3) is 0.667. The van der Waals surface area contributed by atoms with Gasteiger partial charge in [-0.1, -0.05) is 6.92 Å². The van der Waals surface area contributed by atoms with Gasteiger partial charge in [0.1, 0.15) is 5.69 Å². The van der Waals surface area contributed by atoms with E-state index in [1.54, 1.807) is 7.05 Å². The number of rotatable bonds is 2. The van der Waals surface area contributed by atoms with Crippen molar-refractivity contribution in [3.63, 3.8) is 0 Å². The van der Waals surface area contributed by atoms with E-state index in [0.717, 1.165) is 12.1 Å². The highest BCUT2D eigenvalue weighted by atomic mass is 16.3. The lowest BCUT2D eigenvalue weighted by Gasteiger charge is -1.87. The Balaban J connectivity index is 2.96. The highest BCUT2D eigenvalue weighted by Crippen LogP contribution is 2.01. The molecule has 0 saturated carbocycles. The summed E-state index contributed by atoms with van der Waals surface area (Å²) in [6.45, 7) is 1.97. The summed E-state index contributed by atoms with van der Waals surface area (Å²) >= 11 is 0. The number of hydrogen-bond donors (Lipinski definition) is 1. The van der Waals surface area contributed by atoms with E-state index in [4.69, 9.17) is 5.11 Å². The molecule has 1 heterocycles. The number of aromatic nitrogens is 3. The second kappa shape index (κ2) is 2.79. The number of aliphatic hydroxyl groups is 1. The summed E-state index contributed by atoms with van der Waals surface area (Å²) in [5, 5.41) is 16.7. The van der Waals surface area contributed by atoms with Crippen LogP contribution in [-0.2, 0) is 20.1 Å². The molecule has 10 heavy (non-hydrogen) atoms. The van der Waals surface area contributed by atoms with Gasteiger partial charge < -0.3 is 5.11 Å². The van der Waals surface area contributed by atoms with Gasteiger partial charge in [-0.3, -0.25) is 0 Å². The summed E-state index contributed by atoms with van der Waals surface area (Å²) < 4.78 is 0. The number of aliphatic hydroxyl groups excluding tert-OH is 1. The van der Waals surface area contributed by atoms with Crippen LogP contribution in [-0.4, -0.2) is 20.1 Å². The van der Waals surface area contributed by atoms with Crippen LogP contribution in [0.15, 0.2) is 0 Å². The zero-order valence-electron chi connectivity index (χ0n) is 6.20. The number of hydrogen-bond acceptors (Lipinski definition) is 3. The maximum Gasteiger partial charge on any atom is 0.111 e. The summed E-state index contributed by atoms with van der Waals surface area (Å²) in [6, 6.07) is 0. The first-order chi connectivity index (χ1) is 4.77. The van der Waals surface area contributed by atoms with Crippen LogP contribution >= 0.6 is 0 Å². The summed E-state index contributed by atoms with van der Waals surface area (Å²) in [5.41, 5.74) is 1.56. The minimum atomic E-state index is -0.0169. The first-order valence-corrected chi connectivity index (χ1v) is 3.27. The van der Waals surface area contributed by atoms with Crippen molar-refractivity contribution >= 4 is 0 Å². The average Bonchev–Trinajstić information content (AvgIpc) is 2.30. The smallest absolute Gasteiger partial charge is 0.111 e. The Labute approximate surface area is 59.5 Å². The molecule has 0 aliphatic heterocycles. The second-order valence-electron chi connectivity index (χ2n) is 2.09. The van der Waals surface area contributed by atoms with Gasteiger partial charge >= 0.3 is 0 Å². The van der Waals surface area contributed by atoms with Gasteiger partial charge in [0.2, 0.25) is 0 Å². The summed E-state index contributed by atoms with van der Waals surface area (Å²) in [5.74, 6) is 0. The van der Waals surface area contributed by atoms with E-state index < -0.39 is 0 Å². The number of nitrogens with zero attached hydrogens (tertiary/aromatic N) is 3. The topological polar surface area (TPSA) is 50.9 Å². The Morgan fingerprint density at radius 2 is 2.00 bits per heavy atom. The van der Waals surface area contributed by atoms with Crippen LogP contribution in [0, 0.1) is 0 Å². The van der Waals surface area contributed by atoms with E-state index in [0.29, 0.717) is 5.69 Å². The molecule has 0 radical (unpaired) electrons. The average molecular weight is 141 g/mol. The summed E-state index contributed by atoms with van der Waals surface area (Å²) in [7, 11) is 1.75. The van der Waals surface area contributed by atoms with Gasteiger partial charge in [0.25, 0.3) is 0 Å². The van der Waals surface area contributed by atoms with E-state index in [9.17, 15) is 0 Å². The van der Waals surface area contributed by atoms with Crippen molar-refractivity contribution in [3.8, 4) is 0 Å². The Hall–Kier alpha value is -0.900. The van der Waals surface area contributed by atoms with Crippen molar-refractivity contribution in [2.45, 2.75) is 20.0 Å². The van der Waals surface area contributed by atoms with Gasteiger partial charge in [-0.15, -0.1) is 0 Å². The predicted molar refractivity (Wildman–Crippen MR) is 36.3 cm³/mol. The molecular formula is C6H11N3O. The Kier molecular flexibility index (Phi) is 2.01. The highest BCUT2D eigenvalue weighted by molar-refractivity contribution is 5.06. The largest absolute Gasteiger partial charge is 0.390 e. The summed E-state index contributed by atoms with van der Waals surface area (Å²) in [6.07, 6.45) is 0.823. The first kappa shape index (κ1) is 7.21. The van der Waals surface area contributed by atoms with Crippen LogP contribution in [0.2, 0.25) is 0 Å². The summed E-state index contributed by atoms with van der Waals surface area (Å²) in [4.78, 5) is 1.48. The van der Waals surface area contributed by atoms with Gasteiger partial charge in [0.15, 0.2) is 0 Å². The van der Waals surface area contributed by atoms with Crippen LogP contribution in [0.3, 0.4) is 0 Å². The fourth-order valence-electron chi connectivity index (χ4n) is 0.885. The van der Waals surface area contributed by atoms with Crippen molar-refractivity contribution < 1.29 is 5.11 Å². The molecule has 0 saturated heterocycles. The maximum absolute atomic E-state index is 8.75. The molecule has 0 spiro atoms. The fourth-order valence-corrected chi connectivity index (χ4v) is 0.885. The molecule has 0 aliphatic rings. The van der Waals surface area contributed by atoms with E-state index in [1.807, 2.05) is 6.92 Å². The Morgan fingerprint density at radius 3 is 2.40 bits per heavy atom. The van der Waals surface area contributed by atoms with Crippen LogP contribution in [0.4, 0.5) is 0 Å². The standard InChI is InChI=1S/C6H11N3O/c1-3-5-6(4-10)8-9(2)7-5/h10H,3-4H2,1-2H3. The zero-order chi connectivity index (χ0) is 7.56. The van der Waals surface area contributed by atoms with Gasteiger partial charge in [-0.25, -0.2) is 0 Å². The molecule has 1 aromatic rings. The molecule has 0 bridgehead atoms. The molecule has 0 aromatic carbocycles. The monoisotopic (exact) mass is 141 g/mol. The molecule has 1 rings (SSSR count). The minimum absolute atomic E-state index is 0.0169. The van der Waals surface area contributed by atoms with Crippen LogP contribution < -0.4 is 0 Å². The molecule has 1 N–H and O–H groups in total. The van der Waals surface area contributed by atoms with Crippen LogP contribution in [0.1, 0.15) is 18.3 Å². The maximum atomic E-state index is 8.75. The zero-order valence-corrected chi connectivity index (χ0v) is 6.20. The molecule has 0 fully saturated rings. The lowest BCUT2D eigenvalue weighted by Crippen LogP contribution is -1.92. The van der Waals surface area contributed by atoms with Gasteiger partial charge in [0.05, 0.1) is 12.3 Å². The molecule has 0 amide bonds. The molecule has 1 aromatic heterocycles. The van der Waals surface area contributed by atoms with E-state index >= 15 is 0 Å². The molecule has 56 valence electrons. The second-order valence-corrected chi connectivity index (χ2v) is 2.09. The molecule has 0 aliphatic carbocycles. The minimum Gasteiger partial charge on any atom is -0.390 e. The lowest BCUT2D eigenvalue weighted by atomic mass is 10.3. The van der Waals surface area contributed by atoms with Gasteiger partial charge in [0, 0.05) is 7.05 Å². The molecule has 4 nitrogen and oxygen atoms in total. The third kappa shape index (κ3) is 1.16. The molecule has 0 atom stereocenters. The van der Waals surface area contributed by atoms with Gasteiger partial charge in [-0.2, -0.15) is 15.0 Å². The van der Waals surface area contributed by atoms with Crippen molar-refractivity contribution in [2.24, 2.45) is 7.05 Å². The molecule has 4 heteroatoms. The third-order valence-electron chi connectivity index (χ3n) is 1.35. The third-order valence-corrected chi connectivity index (χ3v) is 1.35. The molecular weight excluding hydrogens is 130 g/mol. The van der Waals surface area contributed by atoms with Crippen molar-refractivity contribution in [2.75, 3.05) is 0 Å². The lowest BCUT2D eigenvalue weighted by molar-refractivity contribution is 0.274. The first-order valence-electron chi connectivity index (χ1n) is 3.27. The number of aryl methyl sites for hydroxylation is 2. The van der Waals surface area contributed by atoms with E-state index in [-0.39, 0.29) is 6.61 Å². The quantitative estimate of drug-likeness (QED) is 0.624. The Bertz CT molecular complexity index is 197. The van der Waals surface area contributed by atoms with Crippen LogP contribution in [0.5, 0.6) is 0 Å². The van der Waals surface area contributed by atoms with Crippen molar-refractivity contribution in [3.05, 3.63) is 11.4 Å². The SMILES string of the molecule is CCc1nn(C)nc1CO. The predicted octanol–water partition coefficient (Wildman–Crippen LogP) is -0.130. The molecule has 0 unspecified atom stereocenters.